The molecule has 4 aromatic rings. The van der Waals surface area contributed by atoms with Crippen LogP contribution in [0.15, 0.2) is 66.9 Å². The van der Waals surface area contributed by atoms with Gasteiger partial charge in [0, 0.05) is 25.7 Å². The van der Waals surface area contributed by atoms with Gasteiger partial charge < -0.3 is 14.6 Å². The zero-order valence-electron chi connectivity index (χ0n) is 19.3. The average Bonchev–Trinajstić information content (AvgIpc) is 3.19. The van der Waals surface area contributed by atoms with Crippen LogP contribution < -0.4 is 10.1 Å². The SMILES string of the molecule is Cc1ccc(C)c(OCCCCn2c(CCNC(=O)c3ccccn3)nc3ccccc32)c1. The Bertz CT molecular complexity index is 1220. The number of unbranched alkanes of at least 4 members (excludes halogenated alkanes) is 1. The van der Waals surface area contributed by atoms with Crippen molar-refractivity contribution in [2.24, 2.45) is 0 Å². The Kier molecular flexibility index (Phi) is 7.35. The first kappa shape index (κ1) is 22.5. The number of imidazole rings is 1. The van der Waals surface area contributed by atoms with E-state index >= 15 is 0 Å². The number of carbonyl (C=O) groups is 1. The summed E-state index contributed by atoms with van der Waals surface area (Å²) in [5.41, 5.74) is 4.90. The van der Waals surface area contributed by atoms with Gasteiger partial charge in [-0.1, -0.05) is 30.3 Å². The fourth-order valence-corrected chi connectivity index (χ4v) is 3.86. The van der Waals surface area contributed by atoms with Crippen LogP contribution in [0.3, 0.4) is 0 Å². The first-order chi connectivity index (χ1) is 16.1. The van der Waals surface area contributed by atoms with Gasteiger partial charge in [-0.15, -0.1) is 0 Å². The number of pyridine rings is 1. The molecule has 2 heterocycles. The fourth-order valence-electron chi connectivity index (χ4n) is 3.86. The highest BCUT2D eigenvalue weighted by atomic mass is 16.5. The predicted molar refractivity (Wildman–Crippen MR) is 131 cm³/mol. The highest BCUT2D eigenvalue weighted by Gasteiger charge is 2.12. The topological polar surface area (TPSA) is 69.0 Å². The number of ether oxygens (including phenoxy) is 1. The minimum atomic E-state index is -0.165. The maximum atomic E-state index is 12.3. The zero-order valence-corrected chi connectivity index (χ0v) is 19.3. The van der Waals surface area contributed by atoms with Crippen LogP contribution in [0.5, 0.6) is 5.75 Å². The van der Waals surface area contributed by atoms with Gasteiger partial charge in [0.05, 0.1) is 17.6 Å². The number of aryl methyl sites for hydroxylation is 3. The molecule has 6 heteroatoms. The second-order valence-electron chi connectivity index (χ2n) is 8.21. The van der Waals surface area contributed by atoms with Crippen LogP contribution in [0.1, 0.15) is 40.3 Å². The standard InChI is InChI=1S/C27H30N4O2/c1-20-12-13-21(2)25(19-20)33-18-8-7-17-31-24-11-4-3-9-22(24)30-26(31)14-16-29-27(32)23-10-5-6-15-28-23/h3-6,9-13,15,19H,7-8,14,16-18H2,1-2H3,(H,29,32). The van der Waals surface area contributed by atoms with Crippen molar-refractivity contribution in [3.63, 3.8) is 0 Å². The summed E-state index contributed by atoms with van der Waals surface area (Å²) in [5.74, 6) is 1.78. The molecule has 170 valence electrons. The van der Waals surface area contributed by atoms with E-state index in [4.69, 9.17) is 9.72 Å². The Morgan fingerprint density at radius 3 is 2.73 bits per heavy atom. The molecule has 4 rings (SSSR count). The van der Waals surface area contributed by atoms with E-state index in [2.05, 4.69) is 53.0 Å². The van der Waals surface area contributed by atoms with Crippen LogP contribution in [0.25, 0.3) is 11.0 Å². The molecule has 0 saturated carbocycles. The molecule has 0 fully saturated rings. The van der Waals surface area contributed by atoms with Gasteiger partial charge >= 0.3 is 0 Å². The lowest BCUT2D eigenvalue weighted by atomic mass is 10.1. The van der Waals surface area contributed by atoms with E-state index in [9.17, 15) is 4.79 Å². The second-order valence-corrected chi connectivity index (χ2v) is 8.21. The smallest absolute Gasteiger partial charge is 0.269 e. The van der Waals surface area contributed by atoms with E-state index in [1.54, 1.807) is 18.3 Å². The molecule has 1 N–H and O–H groups in total. The summed E-state index contributed by atoms with van der Waals surface area (Å²) < 4.78 is 8.27. The summed E-state index contributed by atoms with van der Waals surface area (Å²) in [7, 11) is 0. The van der Waals surface area contributed by atoms with E-state index in [1.165, 1.54) is 5.56 Å². The van der Waals surface area contributed by atoms with Crippen molar-refractivity contribution < 1.29 is 9.53 Å². The van der Waals surface area contributed by atoms with Gasteiger partial charge in [0.1, 0.15) is 17.3 Å². The molecule has 0 radical (unpaired) electrons. The number of benzene rings is 2. The number of para-hydroxylation sites is 2. The number of nitrogens with one attached hydrogen (secondary N) is 1. The van der Waals surface area contributed by atoms with Crippen LogP contribution in [-0.4, -0.2) is 33.6 Å². The highest BCUT2D eigenvalue weighted by molar-refractivity contribution is 5.92. The Morgan fingerprint density at radius 1 is 1.03 bits per heavy atom. The van der Waals surface area contributed by atoms with Gasteiger partial charge in [-0.3, -0.25) is 9.78 Å². The predicted octanol–water partition coefficient (Wildman–Crippen LogP) is 4.88. The average molecular weight is 443 g/mol. The summed E-state index contributed by atoms with van der Waals surface area (Å²) >= 11 is 0. The Hall–Kier alpha value is -3.67. The first-order valence-corrected chi connectivity index (χ1v) is 11.5. The maximum absolute atomic E-state index is 12.3. The third-order valence-electron chi connectivity index (χ3n) is 5.64. The third kappa shape index (κ3) is 5.77. The van der Waals surface area contributed by atoms with Gasteiger partial charge in [-0.2, -0.15) is 0 Å². The van der Waals surface area contributed by atoms with Gasteiger partial charge in [0.25, 0.3) is 5.91 Å². The minimum Gasteiger partial charge on any atom is -0.493 e. The van der Waals surface area contributed by atoms with Crippen molar-refractivity contribution in [2.75, 3.05) is 13.2 Å². The van der Waals surface area contributed by atoms with E-state index in [1.807, 2.05) is 24.3 Å². The van der Waals surface area contributed by atoms with Crippen LogP contribution >= 0.6 is 0 Å². The van der Waals surface area contributed by atoms with E-state index in [0.717, 1.165) is 47.6 Å². The molecular formula is C27H30N4O2. The van der Waals surface area contributed by atoms with Gasteiger partial charge in [0.15, 0.2) is 0 Å². The number of fused-ring (bicyclic) bond motifs is 1. The number of rotatable bonds is 10. The molecule has 0 unspecified atom stereocenters. The van der Waals surface area contributed by atoms with Gasteiger partial charge in [-0.25, -0.2) is 4.98 Å². The molecule has 1 amide bonds. The molecule has 0 aliphatic rings. The van der Waals surface area contributed by atoms with Crippen LogP contribution in [-0.2, 0) is 13.0 Å². The maximum Gasteiger partial charge on any atom is 0.269 e. The number of hydrogen-bond acceptors (Lipinski definition) is 4. The van der Waals surface area contributed by atoms with Crippen molar-refractivity contribution >= 4 is 16.9 Å². The summed E-state index contributed by atoms with van der Waals surface area (Å²) in [6.45, 7) is 6.21. The monoisotopic (exact) mass is 442 g/mol. The normalized spacial score (nSPS) is 11.0. The lowest BCUT2D eigenvalue weighted by Crippen LogP contribution is -2.27. The van der Waals surface area contributed by atoms with Crippen molar-refractivity contribution in [1.82, 2.24) is 19.9 Å². The summed E-state index contributed by atoms with van der Waals surface area (Å²) in [6.07, 6.45) is 4.22. The fraction of sp³-hybridized carbons (Fsp3) is 0.296. The van der Waals surface area contributed by atoms with Crippen molar-refractivity contribution in [3.05, 3.63) is 89.5 Å². The lowest BCUT2D eigenvalue weighted by Gasteiger charge is -2.12. The number of carbonyl (C=O) groups excluding carboxylic acids is 1. The zero-order chi connectivity index (χ0) is 23.0. The molecule has 0 atom stereocenters. The first-order valence-electron chi connectivity index (χ1n) is 11.5. The Balaban J connectivity index is 1.34. The molecular weight excluding hydrogens is 412 g/mol. The van der Waals surface area contributed by atoms with Crippen LogP contribution in [0, 0.1) is 13.8 Å². The van der Waals surface area contributed by atoms with E-state index in [0.29, 0.717) is 25.3 Å². The third-order valence-corrected chi connectivity index (χ3v) is 5.64. The van der Waals surface area contributed by atoms with Crippen LogP contribution in [0.2, 0.25) is 0 Å². The molecule has 0 aliphatic heterocycles. The molecule has 2 aromatic carbocycles. The van der Waals surface area contributed by atoms with Gasteiger partial charge in [-0.05, 0) is 68.1 Å². The number of aromatic nitrogens is 3. The summed E-state index contributed by atoms with van der Waals surface area (Å²) in [6, 6.07) is 19.8. The number of amides is 1. The Morgan fingerprint density at radius 2 is 1.88 bits per heavy atom. The molecule has 0 saturated heterocycles. The molecule has 0 aliphatic carbocycles. The highest BCUT2D eigenvalue weighted by Crippen LogP contribution is 2.20. The number of hydrogen-bond donors (Lipinski definition) is 1. The van der Waals surface area contributed by atoms with Crippen molar-refractivity contribution in [2.45, 2.75) is 39.7 Å². The second kappa shape index (κ2) is 10.8. The van der Waals surface area contributed by atoms with E-state index in [-0.39, 0.29) is 5.91 Å². The van der Waals surface area contributed by atoms with Crippen molar-refractivity contribution in [1.29, 1.82) is 0 Å². The largest absolute Gasteiger partial charge is 0.493 e. The summed E-state index contributed by atoms with van der Waals surface area (Å²) in [4.78, 5) is 21.2. The lowest BCUT2D eigenvalue weighted by molar-refractivity contribution is 0.0949. The molecule has 6 nitrogen and oxygen atoms in total. The van der Waals surface area contributed by atoms with E-state index < -0.39 is 0 Å². The van der Waals surface area contributed by atoms with Crippen LogP contribution in [0.4, 0.5) is 0 Å². The van der Waals surface area contributed by atoms with Gasteiger partial charge in [0.2, 0.25) is 0 Å². The molecule has 2 aromatic heterocycles. The molecule has 0 spiro atoms. The molecule has 33 heavy (non-hydrogen) atoms. The molecule has 0 bridgehead atoms. The van der Waals surface area contributed by atoms with Crippen molar-refractivity contribution in [3.8, 4) is 5.75 Å². The quantitative estimate of drug-likeness (QED) is 0.356. The number of nitrogens with zero attached hydrogens (tertiary/aromatic N) is 3. The Labute approximate surface area is 194 Å². The summed E-state index contributed by atoms with van der Waals surface area (Å²) in [5, 5.41) is 2.95. The minimum absolute atomic E-state index is 0.165.